The monoisotopic (exact) mass is 321 g/mol. The number of ether oxygens (including phenoxy) is 2. The van der Waals surface area contributed by atoms with Gasteiger partial charge in [0.05, 0.1) is 12.8 Å². The van der Waals surface area contributed by atoms with Gasteiger partial charge in [0.1, 0.15) is 12.2 Å². The summed E-state index contributed by atoms with van der Waals surface area (Å²) in [5.41, 5.74) is -2.83. The van der Waals surface area contributed by atoms with Crippen LogP contribution in [0.2, 0.25) is 0 Å². The number of aromatic nitrogens is 2. The fourth-order valence-corrected chi connectivity index (χ4v) is 1.97. The molecule has 1 amide bonds. The third-order valence-electron chi connectivity index (χ3n) is 2.96. The molecule has 7 nitrogen and oxygen atoms in total. The van der Waals surface area contributed by atoms with Crippen LogP contribution in [0.5, 0.6) is 5.75 Å². The topological polar surface area (TPSA) is 93.3 Å². The molecule has 2 atom stereocenters. The molecule has 22 heavy (non-hydrogen) atoms. The molecule has 10 heteroatoms. The summed E-state index contributed by atoms with van der Waals surface area (Å²) < 4.78 is 48.9. The summed E-state index contributed by atoms with van der Waals surface area (Å²) in [4.78, 5) is 22.6. The van der Waals surface area contributed by atoms with Crippen LogP contribution in [0.1, 0.15) is 18.9 Å². The number of alkyl halides is 3. The lowest BCUT2D eigenvalue weighted by Gasteiger charge is -2.18. The number of rotatable bonds is 5. The fraction of sp³-hybridized carbons (Fsp3) is 0.583. The van der Waals surface area contributed by atoms with Crippen molar-refractivity contribution in [2.75, 3.05) is 13.2 Å². The van der Waals surface area contributed by atoms with E-state index in [2.05, 4.69) is 10.4 Å². The van der Waals surface area contributed by atoms with Crippen molar-refractivity contribution < 1.29 is 27.4 Å². The Kier molecular flexibility index (Phi) is 4.69. The molecule has 1 saturated heterocycles. The van der Waals surface area contributed by atoms with E-state index in [9.17, 15) is 22.8 Å². The van der Waals surface area contributed by atoms with E-state index in [4.69, 9.17) is 9.47 Å². The largest absolute Gasteiger partial charge is 0.486 e. The summed E-state index contributed by atoms with van der Waals surface area (Å²) in [5, 5.41) is 7.58. The first-order chi connectivity index (χ1) is 10.3. The van der Waals surface area contributed by atoms with Crippen molar-refractivity contribution in [3.8, 4) is 5.75 Å². The average Bonchev–Trinajstić information content (AvgIpc) is 2.80. The van der Waals surface area contributed by atoms with Gasteiger partial charge in [-0.25, -0.2) is 5.10 Å². The van der Waals surface area contributed by atoms with Gasteiger partial charge < -0.3 is 14.8 Å². The summed E-state index contributed by atoms with van der Waals surface area (Å²) in [6.07, 6.45) is -5.02. The van der Waals surface area contributed by atoms with Gasteiger partial charge in [-0.2, -0.15) is 18.3 Å². The van der Waals surface area contributed by atoms with Crippen LogP contribution in [0.3, 0.4) is 0 Å². The van der Waals surface area contributed by atoms with E-state index in [0.717, 1.165) is 6.20 Å². The van der Waals surface area contributed by atoms with Gasteiger partial charge in [-0.15, -0.1) is 0 Å². The molecule has 0 saturated carbocycles. The molecule has 122 valence electrons. The molecular weight excluding hydrogens is 307 g/mol. The minimum atomic E-state index is -4.86. The predicted molar refractivity (Wildman–Crippen MR) is 67.3 cm³/mol. The first-order valence-corrected chi connectivity index (χ1v) is 6.50. The number of amides is 1. The molecule has 1 fully saturated rings. The number of nitrogens with zero attached hydrogens (tertiary/aromatic N) is 1. The zero-order valence-corrected chi connectivity index (χ0v) is 11.6. The van der Waals surface area contributed by atoms with E-state index in [0.29, 0.717) is 13.0 Å². The molecule has 0 spiro atoms. The second-order valence-electron chi connectivity index (χ2n) is 4.77. The standard InChI is InChI=1S/C12H14F3N3O4/c1-6(5-21-7-2-3-16-10(7)19)22-8-4-17-18-11(20)9(8)12(13,14)15/h4,6-7H,2-3,5H2,1H3,(H,16,19)(H,18,20)/t6-,7?/m0/s1. The van der Waals surface area contributed by atoms with E-state index in [1.807, 2.05) is 0 Å². The van der Waals surface area contributed by atoms with E-state index >= 15 is 0 Å². The minimum Gasteiger partial charge on any atom is -0.486 e. The SMILES string of the molecule is C[C@@H](COC1CCNC1=O)Oc1cn[nH]c(=O)c1C(F)(F)F. The predicted octanol–water partition coefficient (Wildman–Crippen LogP) is 0.461. The molecule has 1 aliphatic heterocycles. The van der Waals surface area contributed by atoms with E-state index in [-0.39, 0.29) is 12.5 Å². The van der Waals surface area contributed by atoms with Crippen molar-refractivity contribution in [1.82, 2.24) is 15.5 Å². The lowest BCUT2D eigenvalue weighted by atomic mass is 10.2. The van der Waals surface area contributed by atoms with Crippen molar-refractivity contribution >= 4 is 5.91 Å². The van der Waals surface area contributed by atoms with Crippen LogP contribution in [0, 0.1) is 0 Å². The van der Waals surface area contributed by atoms with Crippen LogP contribution in [0.4, 0.5) is 13.2 Å². The second-order valence-corrected chi connectivity index (χ2v) is 4.77. The molecule has 0 aromatic carbocycles. The van der Waals surface area contributed by atoms with Crippen molar-refractivity contribution in [3.63, 3.8) is 0 Å². The lowest BCUT2D eigenvalue weighted by molar-refractivity contribution is -0.140. The highest BCUT2D eigenvalue weighted by molar-refractivity contribution is 5.82. The molecule has 2 N–H and O–H groups in total. The van der Waals surface area contributed by atoms with Crippen LogP contribution < -0.4 is 15.6 Å². The van der Waals surface area contributed by atoms with Crippen molar-refractivity contribution in [1.29, 1.82) is 0 Å². The summed E-state index contributed by atoms with van der Waals surface area (Å²) in [6.45, 7) is 1.87. The molecule has 1 aliphatic rings. The van der Waals surface area contributed by atoms with Gasteiger partial charge in [0.25, 0.3) is 5.56 Å². The maximum Gasteiger partial charge on any atom is 0.425 e. The molecular formula is C12H14F3N3O4. The second kappa shape index (κ2) is 6.34. The maximum absolute atomic E-state index is 12.8. The summed E-state index contributed by atoms with van der Waals surface area (Å²) in [6, 6.07) is 0. The lowest BCUT2D eigenvalue weighted by Crippen LogP contribution is -2.31. The van der Waals surface area contributed by atoms with Crippen LogP contribution in [-0.2, 0) is 15.7 Å². The smallest absolute Gasteiger partial charge is 0.425 e. The number of hydrogen-bond acceptors (Lipinski definition) is 5. The number of aromatic amines is 1. The number of carbonyl (C=O) groups is 1. The Morgan fingerprint density at radius 1 is 1.45 bits per heavy atom. The van der Waals surface area contributed by atoms with Crippen molar-refractivity contribution in [3.05, 3.63) is 22.1 Å². The van der Waals surface area contributed by atoms with Crippen LogP contribution in [0.25, 0.3) is 0 Å². The Morgan fingerprint density at radius 3 is 2.77 bits per heavy atom. The van der Waals surface area contributed by atoms with Gasteiger partial charge >= 0.3 is 6.18 Å². The summed E-state index contributed by atoms with van der Waals surface area (Å²) in [7, 11) is 0. The highest BCUT2D eigenvalue weighted by atomic mass is 19.4. The van der Waals surface area contributed by atoms with Gasteiger partial charge in [0.2, 0.25) is 5.91 Å². The maximum atomic E-state index is 12.8. The third-order valence-corrected chi connectivity index (χ3v) is 2.96. The van der Waals surface area contributed by atoms with E-state index in [1.165, 1.54) is 6.92 Å². The van der Waals surface area contributed by atoms with Crippen LogP contribution >= 0.6 is 0 Å². The quantitative estimate of drug-likeness (QED) is 0.822. The molecule has 1 aromatic rings. The van der Waals surface area contributed by atoms with Crippen molar-refractivity contribution in [2.45, 2.75) is 31.7 Å². The van der Waals surface area contributed by atoms with Gasteiger partial charge in [0.15, 0.2) is 11.3 Å². The average molecular weight is 321 g/mol. The Bertz CT molecular complexity index is 602. The molecule has 2 heterocycles. The summed E-state index contributed by atoms with van der Waals surface area (Å²) in [5.74, 6) is -0.941. The van der Waals surface area contributed by atoms with Crippen molar-refractivity contribution in [2.24, 2.45) is 0 Å². The molecule has 0 radical (unpaired) electrons. The van der Waals surface area contributed by atoms with E-state index < -0.39 is 35.3 Å². The first-order valence-electron chi connectivity index (χ1n) is 6.50. The normalized spacial score (nSPS) is 19.8. The zero-order valence-electron chi connectivity index (χ0n) is 11.6. The number of H-pyrrole nitrogens is 1. The van der Waals surface area contributed by atoms with Gasteiger partial charge in [-0.05, 0) is 13.3 Å². The number of carbonyl (C=O) groups excluding carboxylic acids is 1. The Labute approximate surface area is 122 Å². The first kappa shape index (κ1) is 16.3. The zero-order chi connectivity index (χ0) is 16.3. The van der Waals surface area contributed by atoms with Gasteiger partial charge in [0, 0.05) is 6.54 Å². The Morgan fingerprint density at radius 2 is 2.18 bits per heavy atom. The highest BCUT2D eigenvalue weighted by Crippen LogP contribution is 2.33. The minimum absolute atomic E-state index is 0.0951. The van der Waals surface area contributed by atoms with Crippen LogP contribution in [0.15, 0.2) is 11.0 Å². The van der Waals surface area contributed by atoms with Gasteiger partial charge in [-0.1, -0.05) is 0 Å². The van der Waals surface area contributed by atoms with Gasteiger partial charge in [-0.3, -0.25) is 9.59 Å². The Balaban J connectivity index is 2.02. The Hall–Kier alpha value is -2.10. The highest BCUT2D eigenvalue weighted by Gasteiger charge is 2.38. The summed E-state index contributed by atoms with van der Waals surface area (Å²) >= 11 is 0. The van der Waals surface area contributed by atoms with Crippen LogP contribution in [-0.4, -0.2) is 41.5 Å². The number of hydrogen-bond donors (Lipinski definition) is 2. The molecule has 2 rings (SSSR count). The number of halogens is 3. The third kappa shape index (κ3) is 3.75. The molecule has 0 bridgehead atoms. The molecule has 0 aliphatic carbocycles. The fourth-order valence-electron chi connectivity index (χ4n) is 1.97. The number of nitrogens with one attached hydrogen (secondary N) is 2. The molecule has 1 aromatic heterocycles. The van der Waals surface area contributed by atoms with E-state index in [1.54, 1.807) is 5.10 Å². The molecule has 1 unspecified atom stereocenters.